The lowest BCUT2D eigenvalue weighted by Gasteiger charge is -2.36. The topological polar surface area (TPSA) is 131 Å². The van der Waals surface area contributed by atoms with Gasteiger partial charge in [0.15, 0.2) is 40.1 Å². The Kier molecular flexibility index (Phi) is 9.39. The summed E-state index contributed by atoms with van der Waals surface area (Å²) in [5.74, 6) is 5.16. The number of benzene rings is 3. The third kappa shape index (κ3) is 6.83. The molecular formula is C40H64O13S6Si3. The molecular weight excluding hydrogens is 965 g/mol. The Balaban J connectivity index is 1.58. The van der Waals surface area contributed by atoms with Crippen molar-refractivity contribution in [3.8, 4) is 69.0 Å². The van der Waals surface area contributed by atoms with Crippen LogP contribution in [0.2, 0.25) is 58.9 Å². The summed E-state index contributed by atoms with van der Waals surface area (Å²) < 4.78 is 84.2. The van der Waals surface area contributed by atoms with Crippen LogP contribution in [0, 0.1) is 0 Å². The summed E-state index contributed by atoms with van der Waals surface area (Å²) in [6, 6.07) is 0. The third-order valence-electron chi connectivity index (χ3n) is 10.7. The van der Waals surface area contributed by atoms with Crippen molar-refractivity contribution >= 4 is 103 Å². The molecule has 0 spiro atoms. The van der Waals surface area contributed by atoms with Crippen LogP contribution in [0.15, 0.2) is 0 Å². The molecule has 3 aromatic carbocycles. The van der Waals surface area contributed by atoms with Gasteiger partial charge < -0.3 is 55.3 Å². The average molecular weight is 1030 g/mol. The van der Waals surface area contributed by atoms with Gasteiger partial charge in [-0.1, -0.05) is 58.9 Å². The SMILES string of the molecule is C[Si](C)(C)c1c2c(c(C(O)(c3c4c(c([Si](C)(C)C)c5c3OS(C)(C)O5)OS(C)(C)O4)c3c4c(c([Si](C)(C)C)c5c3OS(C)(C)O5)OS(C)(C)O4)c3c1OS(C)(C)O3)OS(C)(C)O2. The van der Waals surface area contributed by atoms with Crippen molar-refractivity contribution in [2.75, 3.05) is 75.1 Å². The van der Waals surface area contributed by atoms with Gasteiger partial charge >= 0.3 is 0 Å². The normalized spacial score (nSPS) is 24.9. The highest BCUT2D eigenvalue weighted by Crippen LogP contribution is 2.76. The fourth-order valence-electron chi connectivity index (χ4n) is 8.85. The van der Waals surface area contributed by atoms with Crippen LogP contribution < -0.4 is 65.8 Å². The number of aliphatic hydroxyl groups is 1. The van der Waals surface area contributed by atoms with Crippen LogP contribution in [0.1, 0.15) is 16.7 Å². The molecule has 6 heterocycles. The summed E-state index contributed by atoms with van der Waals surface area (Å²) in [5, 5.41) is 18.1. The van der Waals surface area contributed by atoms with E-state index in [1.165, 1.54) is 0 Å². The molecule has 0 aliphatic carbocycles. The van der Waals surface area contributed by atoms with Gasteiger partial charge in [0, 0.05) is 90.6 Å². The standard InChI is InChI=1S/C40H64O13S6Si3/c1-54(2)42-25-22(26-32(49-55(3,4)43-26)37(31(25)48-54)60(13,14)15)40(41,23-27-33(50-56(5,6)44-27)38(61(16,17)18)34-28(23)45-57(7,8)51-34)24-29-35(52-58(9,10)46-29)39(62(19,20)21)36-30(24)47-59(11,12)53-36/h41H,1-21H3. The maximum Gasteiger partial charge on any atom is 0.207 e. The molecule has 62 heavy (non-hydrogen) atoms. The second-order valence-corrected chi connectivity index (χ2v) is 52.2. The van der Waals surface area contributed by atoms with Crippen LogP contribution in [0.5, 0.6) is 69.0 Å². The first-order chi connectivity index (χ1) is 27.9. The molecule has 0 unspecified atom stereocenters. The van der Waals surface area contributed by atoms with Gasteiger partial charge in [0.1, 0.15) is 0 Å². The van der Waals surface area contributed by atoms with Gasteiger partial charge in [-0.15, -0.1) is 63.5 Å². The van der Waals surface area contributed by atoms with Gasteiger partial charge in [-0.25, -0.2) is 0 Å². The molecule has 6 aliphatic heterocycles. The van der Waals surface area contributed by atoms with Crippen LogP contribution in [0.4, 0.5) is 0 Å². The Morgan fingerprint density at radius 3 is 0.532 bits per heavy atom. The summed E-state index contributed by atoms with van der Waals surface area (Å²) in [4.78, 5) is 0. The molecule has 13 nitrogen and oxygen atoms in total. The van der Waals surface area contributed by atoms with E-state index >= 15 is 5.11 Å². The minimum Gasteiger partial charge on any atom is -0.380 e. The van der Waals surface area contributed by atoms with E-state index in [-0.39, 0.29) is 16.7 Å². The lowest BCUT2D eigenvalue weighted by Crippen LogP contribution is -2.41. The van der Waals surface area contributed by atoms with Crippen LogP contribution in [0.3, 0.4) is 0 Å². The van der Waals surface area contributed by atoms with E-state index in [1.807, 2.05) is 75.1 Å². The molecule has 0 amide bonds. The summed E-state index contributed by atoms with van der Waals surface area (Å²) in [5.41, 5.74) is -1.65. The largest absolute Gasteiger partial charge is 0.380 e. The van der Waals surface area contributed by atoms with Crippen molar-refractivity contribution in [2.45, 2.75) is 64.5 Å². The van der Waals surface area contributed by atoms with Crippen molar-refractivity contribution in [1.29, 1.82) is 0 Å². The zero-order chi connectivity index (χ0) is 45.9. The molecule has 350 valence electrons. The summed E-state index contributed by atoms with van der Waals surface area (Å²) in [7, 11) is -20.5. The molecule has 6 aliphatic rings. The van der Waals surface area contributed by atoms with Crippen molar-refractivity contribution in [3.63, 3.8) is 0 Å². The molecule has 22 heteroatoms. The van der Waals surface area contributed by atoms with Gasteiger partial charge in [-0.2, -0.15) is 0 Å². The second-order valence-electron chi connectivity index (χ2n) is 21.5. The predicted octanol–water partition coefficient (Wildman–Crippen LogP) is 9.60. The first-order valence-electron chi connectivity index (χ1n) is 20.1. The maximum absolute atomic E-state index is 15.4. The lowest BCUT2D eigenvalue weighted by atomic mass is 9.76. The van der Waals surface area contributed by atoms with Crippen molar-refractivity contribution < 1.29 is 55.3 Å². The maximum atomic E-state index is 15.4. The molecule has 1 N–H and O–H groups in total. The highest BCUT2D eigenvalue weighted by molar-refractivity contribution is 8.27. The van der Waals surface area contributed by atoms with Gasteiger partial charge in [-0.05, 0) is 0 Å². The summed E-state index contributed by atoms with van der Waals surface area (Å²) in [6.45, 7) is 20.2. The van der Waals surface area contributed by atoms with E-state index in [1.54, 1.807) is 0 Å². The van der Waals surface area contributed by atoms with E-state index < -0.39 is 93.4 Å². The molecule has 0 aromatic heterocycles. The Bertz CT molecular complexity index is 2130. The minimum absolute atomic E-state index is 0.245. The lowest BCUT2D eigenvalue weighted by molar-refractivity contribution is 0.115. The molecule has 0 bridgehead atoms. The van der Waals surface area contributed by atoms with Gasteiger partial charge in [-0.3, -0.25) is 0 Å². The van der Waals surface area contributed by atoms with Crippen molar-refractivity contribution in [3.05, 3.63) is 16.7 Å². The van der Waals surface area contributed by atoms with E-state index in [0.717, 1.165) is 15.6 Å². The van der Waals surface area contributed by atoms with E-state index in [9.17, 15) is 0 Å². The van der Waals surface area contributed by atoms with Gasteiger partial charge in [0.05, 0.1) is 40.9 Å². The number of hydrogen-bond acceptors (Lipinski definition) is 13. The first-order valence-corrected chi connectivity index (χ1v) is 44.4. The van der Waals surface area contributed by atoms with Crippen molar-refractivity contribution in [2.24, 2.45) is 0 Å². The monoisotopic (exact) mass is 1030 g/mol. The summed E-state index contributed by atoms with van der Waals surface area (Å²) >= 11 is 0. The molecule has 0 fully saturated rings. The fourth-order valence-corrected chi connectivity index (χ4v) is 21.3. The third-order valence-corrected chi connectivity index (χ3v) is 23.4. The quantitative estimate of drug-likeness (QED) is 0.186. The molecule has 0 saturated heterocycles. The fraction of sp³-hybridized carbons (Fsp3) is 0.550. The highest BCUT2D eigenvalue weighted by Gasteiger charge is 2.62. The van der Waals surface area contributed by atoms with E-state index in [2.05, 4.69) is 58.9 Å². The van der Waals surface area contributed by atoms with Crippen LogP contribution in [-0.2, 0) is 5.60 Å². The van der Waals surface area contributed by atoms with Crippen LogP contribution in [-0.4, -0.2) is 104 Å². The Labute approximate surface area is 381 Å². The predicted molar refractivity (Wildman–Crippen MR) is 275 cm³/mol. The molecule has 0 radical (unpaired) electrons. The average Bonchev–Trinajstić information content (AvgIpc) is 3.83. The second kappa shape index (κ2) is 12.9. The van der Waals surface area contributed by atoms with E-state index in [4.69, 9.17) is 50.2 Å². The van der Waals surface area contributed by atoms with Crippen molar-refractivity contribution in [1.82, 2.24) is 0 Å². The Hall–Kier alpha value is -2.03. The smallest absolute Gasteiger partial charge is 0.207 e. The van der Waals surface area contributed by atoms with Crippen LogP contribution in [0.25, 0.3) is 0 Å². The minimum atomic E-state index is -2.38. The molecule has 9 rings (SSSR count). The Morgan fingerprint density at radius 2 is 0.403 bits per heavy atom. The molecule has 0 atom stereocenters. The number of fused-ring (bicyclic) bond motifs is 6. The van der Waals surface area contributed by atoms with E-state index in [0.29, 0.717) is 69.0 Å². The zero-order valence-electron chi connectivity index (χ0n) is 39.8. The highest BCUT2D eigenvalue weighted by atomic mass is 32.3. The van der Waals surface area contributed by atoms with Gasteiger partial charge in [0.25, 0.3) is 0 Å². The first kappa shape index (κ1) is 45.1. The number of hydrogen-bond donors (Lipinski definition) is 1. The van der Waals surface area contributed by atoms with Gasteiger partial charge in [0.2, 0.25) is 34.5 Å². The summed E-state index contributed by atoms with van der Waals surface area (Å²) in [6.07, 6.45) is 23.3. The van der Waals surface area contributed by atoms with Crippen LogP contribution >= 0.6 is 63.5 Å². The Morgan fingerprint density at radius 1 is 0.274 bits per heavy atom. The number of rotatable bonds is 6. The zero-order valence-corrected chi connectivity index (χ0v) is 47.7. The molecule has 0 saturated carbocycles. The molecule has 3 aromatic rings.